The number of nitrogens with one attached hydrogen (secondary N) is 1. The molecule has 0 radical (unpaired) electrons. The van der Waals surface area contributed by atoms with E-state index < -0.39 is 0 Å². The Bertz CT molecular complexity index is 1040. The minimum atomic E-state index is -0.252. The molecule has 0 saturated carbocycles. The van der Waals surface area contributed by atoms with Crippen LogP contribution in [0, 0.1) is 18.7 Å². The number of morpholine rings is 1. The summed E-state index contributed by atoms with van der Waals surface area (Å²) in [6.45, 7) is 10.8. The summed E-state index contributed by atoms with van der Waals surface area (Å²) in [7, 11) is 0. The molecule has 1 aromatic carbocycles. The van der Waals surface area contributed by atoms with Gasteiger partial charge in [0.2, 0.25) is 0 Å². The summed E-state index contributed by atoms with van der Waals surface area (Å²) >= 11 is 1.45. The number of amides is 1. The summed E-state index contributed by atoms with van der Waals surface area (Å²) in [6.07, 6.45) is 0. The summed E-state index contributed by atoms with van der Waals surface area (Å²) < 4.78 is 20.6. The number of rotatable bonds is 7. The van der Waals surface area contributed by atoms with Gasteiger partial charge in [-0.3, -0.25) is 14.4 Å². The third-order valence-electron chi connectivity index (χ3n) is 5.83. The lowest BCUT2D eigenvalue weighted by Gasteiger charge is -2.36. The predicted octanol–water partition coefficient (Wildman–Crippen LogP) is 3.68. The fourth-order valence-electron chi connectivity index (χ4n) is 4.07. The van der Waals surface area contributed by atoms with Crippen molar-refractivity contribution in [1.29, 1.82) is 0 Å². The molecule has 3 aromatic rings. The molecule has 0 aliphatic carbocycles. The van der Waals surface area contributed by atoms with Crippen LogP contribution in [0.3, 0.4) is 0 Å². The van der Waals surface area contributed by atoms with Gasteiger partial charge in [-0.1, -0.05) is 26.0 Å². The van der Waals surface area contributed by atoms with E-state index in [2.05, 4.69) is 29.2 Å². The Morgan fingerprint density at radius 2 is 1.97 bits per heavy atom. The van der Waals surface area contributed by atoms with Gasteiger partial charge in [0.1, 0.15) is 10.6 Å². The van der Waals surface area contributed by atoms with E-state index in [1.54, 1.807) is 12.1 Å². The van der Waals surface area contributed by atoms with Crippen molar-refractivity contribution in [2.24, 2.45) is 5.92 Å². The van der Waals surface area contributed by atoms with E-state index in [4.69, 9.17) is 4.74 Å². The zero-order valence-electron chi connectivity index (χ0n) is 18.2. The van der Waals surface area contributed by atoms with Crippen molar-refractivity contribution in [2.45, 2.75) is 33.4 Å². The number of aryl methyl sites for hydroxylation is 1. The molecular weight excluding hydrogens is 415 g/mol. The summed E-state index contributed by atoms with van der Waals surface area (Å²) in [5.74, 6) is 0.137. The normalized spacial score (nSPS) is 16.2. The standard InChI is InChI=1S/C23H29FN4O2S/c1-15(2)20(27-8-10-30-11-9-27)13-25-22(29)21-12-19-16(3)26-28(23(19)31-21)14-17-4-6-18(24)7-5-17/h4-7,12,15,20H,8-11,13-14H2,1-3H3,(H,25,29). The molecule has 3 heterocycles. The Morgan fingerprint density at radius 1 is 1.26 bits per heavy atom. The molecule has 1 amide bonds. The molecule has 1 atom stereocenters. The highest BCUT2D eigenvalue weighted by atomic mass is 32.1. The molecule has 31 heavy (non-hydrogen) atoms. The quantitative estimate of drug-likeness (QED) is 0.604. The third kappa shape index (κ3) is 4.97. The first-order valence-electron chi connectivity index (χ1n) is 10.7. The number of hydrogen-bond donors (Lipinski definition) is 1. The second kappa shape index (κ2) is 9.46. The van der Waals surface area contributed by atoms with E-state index in [9.17, 15) is 9.18 Å². The van der Waals surface area contributed by atoms with Gasteiger partial charge in [0, 0.05) is 31.1 Å². The van der Waals surface area contributed by atoms with E-state index in [1.165, 1.54) is 23.5 Å². The van der Waals surface area contributed by atoms with Crippen LogP contribution in [0.5, 0.6) is 0 Å². The third-order valence-corrected chi connectivity index (χ3v) is 6.98. The lowest BCUT2D eigenvalue weighted by molar-refractivity contribution is 0.00674. The first kappa shape index (κ1) is 21.9. The van der Waals surface area contributed by atoms with Crippen LogP contribution in [-0.2, 0) is 11.3 Å². The summed E-state index contributed by atoms with van der Waals surface area (Å²) in [6, 6.07) is 8.65. The first-order chi connectivity index (χ1) is 14.9. The van der Waals surface area contributed by atoms with Crippen molar-refractivity contribution in [1.82, 2.24) is 20.0 Å². The Labute approximate surface area is 186 Å². The van der Waals surface area contributed by atoms with Gasteiger partial charge in [-0.05, 0) is 36.6 Å². The average molecular weight is 445 g/mol. The number of fused-ring (bicyclic) bond motifs is 1. The highest BCUT2D eigenvalue weighted by molar-refractivity contribution is 7.20. The number of nitrogens with zero attached hydrogens (tertiary/aromatic N) is 3. The predicted molar refractivity (Wildman–Crippen MR) is 121 cm³/mol. The molecule has 4 rings (SSSR count). The molecule has 1 saturated heterocycles. The van der Waals surface area contributed by atoms with E-state index in [-0.39, 0.29) is 17.8 Å². The second-order valence-corrected chi connectivity index (χ2v) is 9.40. The second-order valence-electron chi connectivity index (χ2n) is 8.37. The van der Waals surface area contributed by atoms with Crippen LogP contribution >= 0.6 is 11.3 Å². The van der Waals surface area contributed by atoms with Gasteiger partial charge in [-0.2, -0.15) is 5.10 Å². The van der Waals surface area contributed by atoms with Crippen molar-refractivity contribution < 1.29 is 13.9 Å². The fourth-order valence-corrected chi connectivity index (χ4v) is 5.15. The largest absolute Gasteiger partial charge is 0.379 e. The van der Waals surface area contributed by atoms with Crippen molar-refractivity contribution in [3.8, 4) is 0 Å². The van der Waals surface area contributed by atoms with Crippen LogP contribution in [0.4, 0.5) is 4.39 Å². The number of ether oxygens (including phenoxy) is 1. The Hall–Kier alpha value is -2.29. The van der Waals surface area contributed by atoms with Gasteiger partial charge >= 0.3 is 0 Å². The molecule has 2 aromatic heterocycles. The molecule has 166 valence electrons. The van der Waals surface area contributed by atoms with Gasteiger partial charge in [0.25, 0.3) is 5.91 Å². The van der Waals surface area contributed by atoms with Gasteiger partial charge < -0.3 is 10.1 Å². The minimum absolute atomic E-state index is 0.0483. The van der Waals surface area contributed by atoms with E-state index in [0.717, 1.165) is 47.8 Å². The van der Waals surface area contributed by atoms with Crippen molar-refractivity contribution >= 4 is 27.5 Å². The first-order valence-corrected chi connectivity index (χ1v) is 11.6. The molecule has 0 spiro atoms. The molecular formula is C23H29FN4O2S. The number of aromatic nitrogens is 2. The van der Waals surface area contributed by atoms with Crippen LogP contribution < -0.4 is 5.32 Å². The average Bonchev–Trinajstić information content (AvgIpc) is 3.32. The number of halogens is 1. The zero-order valence-corrected chi connectivity index (χ0v) is 19.0. The number of benzene rings is 1. The highest BCUT2D eigenvalue weighted by Crippen LogP contribution is 2.29. The number of carbonyl (C=O) groups excluding carboxylic acids is 1. The van der Waals surface area contributed by atoms with Gasteiger partial charge in [-0.15, -0.1) is 11.3 Å². The van der Waals surface area contributed by atoms with Crippen LogP contribution in [0.2, 0.25) is 0 Å². The van der Waals surface area contributed by atoms with E-state index in [1.807, 2.05) is 17.7 Å². The van der Waals surface area contributed by atoms with Gasteiger partial charge in [-0.25, -0.2) is 4.39 Å². The minimum Gasteiger partial charge on any atom is -0.379 e. The topological polar surface area (TPSA) is 59.4 Å². The molecule has 1 unspecified atom stereocenters. The van der Waals surface area contributed by atoms with Crippen LogP contribution in [0.1, 0.15) is 34.8 Å². The molecule has 6 nitrogen and oxygen atoms in total. The molecule has 1 aliphatic heterocycles. The lowest BCUT2D eigenvalue weighted by Crippen LogP contribution is -2.51. The molecule has 8 heteroatoms. The van der Waals surface area contributed by atoms with E-state index in [0.29, 0.717) is 23.9 Å². The number of thiophene rings is 1. The molecule has 0 bridgehead atoms. The Kier molecular flexibility index (Phi) is 6.69. The molecule has 1 aliphatic rings. The summed E-state index contributed by atoms with van der Waals surface area (Å²) in [5.41, 5.74) is 1.86. The zero-order chi connectivity index (χ0) is 22.0. The maximum absolute atomic E-state index is 13.2. The Morgan fingerprint density at radius 3 is 2.65 bits per heavy atom. The van der Waals surface area contributed by atoms with Crippen molar-refractivity contribution in [2.75, 3.05) is 32.8 Å². The number of carbonyl (C=O) groups is 1. The Balaban J connectivity index is 1.47. The van der Waals surface area contributed by atoms with Crippen molar-refractivity contribution in [3.63, 3.8) is 0 Å². The van der Waals surface area contributed by atoms with Gasteiger partial charge in [0.05, 0.1) is 30.3 Å². The molecule has 1 fully saturated rings. The SMILES string of the molecule is Cc1nn(Cc2ccc(F)cc2)c2sc(C(=O)NCC(C(C)C)N3CCOCC3)cc12. The fraction of sp³-hybridized carbons (Fsp3) is 0.478. The van der Waals surface area contributed by atoms with Gasteiger partial charge in [0.15, 0.2) is 0 Å². The summed E-state index contributed by atoms with van der Waals surface area (Å²) in [4.78, 5) is 17.0. The van der Waals surface area contributed by atoms with Crippen LogP contribution in [0.25, 0.3) is 10.2 Å². The van der Waals surface area contributed by atoms with Crippen LogP contribution in [0.15, 0.2) is 30.3 Å². The molecule has 1 N–H and O–H groups in total. The smallest absolute Gasteiger partial charge is 0.261 e. The lowest BCUT2D eigenvalue weighted by atomic mass is 10.0. The highest BCUT2D eigenvalue weighted by Gasteiger charge is 2.25. The monoisotopic (exact) mass is 444 g/mol. The van der Waals surface area contributed by atoms with Crippen molar-refractivity contribution in [3.05, 3.63) is 52.3 Å². The van der Waals surface area contributed by atoms with Crippen LogP contribution in [-0.4, -0.2) is 59.5 Å². The maximum Gasteiger partial charge on any atom is 0.261 e. The number of hydrogen-bond acceptors (Lipinski definition) is 5. The maximum atomic E-state index is 13.2. The van der Waals surface area contributed by atoms with E-state index >= 15 is 0 Å². The summed E-state index contributed by atoms with van der Waals surface area (Å²) in [5, 5.41) is 8.74.